The van der Waals surface area contributed by atoms with Crippen molar-refractivity contribution < 1.29 is 14.7 Å². The van der Waals surface area contributed by atoms with Gasteiger partial charge in [0, 0.05) is 18.8 Å². The van der Waals surface area contributed by atoms with E-state index in [2.05, 4.69) is 10.3 Å². The summed E-state index contributed by atoms with van der Waals surface area (Å²) < 4.78 is 0. The van der Waals surface area contributed by atoms with Crippen LogP contribution in [0.4, 0.5) is 0 Å². The molecule has 1 unspecified atom stereocenters. The maximum Gasteiger partial charge on any atom is 0.326 e. The Hall–Kier alpha value is -2.69. The third-order valence-electron chi connectivity index (χ3n) is 3.47. The standard InChI is InChI=1S/C17H18N2O3/c1-12(14-8-5-9-18-11-14)16(20)19-15(17(21)22)10-13-6-3-2-4-7-13/h2-9,11-12,15H,10H2,1H3,(H,19,20)(H,21,22)/t12?,15-/m1/s1. The fourth-order valence-electron chi connectivity index (χ4n) is 2.13. The molecule has 0 aliphatic rings. The largest absolute Gasteiger partial charge is 0.480 e. The fraction of sp³-hybridized carbons (Fsp3) is 0.235. The number of benzene rings is 1. The number of aromatic nitrogens is 1. The van der Waals surface area contributed by atoms with E-state index >= 15 is 0 Å². The second kappa shape index (κ2) is 7.36. The van der Waals surface area contributed by atoms with Gasteiger partial charge in [-0.2, -0.15) is 0 Å². The maximum absolute atomic E-state index is 12.2. The van der Waals surface area contributed by atoms with Crippen LogP contribution in [-0.2, 0) is 16.0 Å². The second-order valence-electron chi connectivity index (χ2n) is 5.10. The molecule has 5 nitrogen and oxygen atoms in total. The lowest BCUT2D eigenvalue weighted by Crippen LogP contribution is -2.44. The number of pyridine rings is 1. The van der Waals surface area contributed by atoms with Crippen LogP contribution in [0.2, 0.25) is 0 Å². The zero-order valence-corrected chi connectivity index (χ0v) is 12.3. The predicted molar refractivity (Wildman–Crippen MR) is 82.4 cm³/mol. The highest BCUT2D eigenvalue weighted by Gasteiger charge is 2.24. The SMILES string of the molecule is CC(C(=O)N[C@H](Cc1ccccc1)C(=O)O)c1cccnc1. The van der Waals surface area contributed by atoms with Gasteiger partial charge < -0.3 is 10.4 Å². The zero-order chi connectivity index (χ0) is 15.9. The van der Waals surface area contributed by atoms with Gasteiger partial charge in [0.05, 0.1) is 5.92 Å². The number of rotatable bonds is 6. The van der Waals surface area contributed by atoms with E-state index in [0.717, 1.165) is 11.1 Å². The molecule has 1 aromatic carbocycles. The Kier molecular flexibility index (Phi) is 5.25. The summed E-state index contributed by atoms with van der Waals surface area (Å²) in [7, 11) is 0. The highest BCUT2D eigenvalue weighted by molar-refractivity contribution is 5.87. The lowest BCUT2D eigenvalue weighted by Gasteiger charge is -2.18. The molecule has 2 rings (SSSR count). The van der Waals surface area contributed by atoms with Crippen LogP contribution in [0.1, 0.15) is 24.0 Å². The molecule has 22 heavy (non-hydrogen) atoms. The van der Waals surface area contributed by atoms with Crippen LogP contribution in [0.25, 0.3) is 0 Å². The van der Waals surface area contributed by atoms with E-state index in [-0.39, 0.29) is 12.3 Å². The van der Waals surface area contributed by atoms with E-state index in [9.17, 15) is 14.7 Å². The van der Waals surface area contributed by atoms with Crippen molar-refractivity contribution in [3.05, 3.63) is 66.0 Å². The highest BCUT2D eigenvalue weighted by Crippen LogP contribution is 2.14. The number of carbonyl (C=O) groups is 2. The van der Waals surface area contributed by atoms with E-state index < -0.39 is 17.9 Å². The van der Waals surface area contributed by atoms with Gasteiger partial charge in [0.25, 0.3) is 0 Å². The molecule has 2 aromatic rings. The number of hydrogen-bond donors (Lipinski definition) is 2. The third kappa shape index (κ3) is 4.15. The van der Waals surface area contributed by atoms with Crippen molar-refractivity contribution in [2.24, 2.45) is 0 Å². The minimum absolute atomic E-state index is 0.252. The second-order valence-corrected chi connectivity index (χ2v) is 5.10. The van der Waals surface area contributed by atoms with Gasteiger partial charge in [-0.1, -0.05) is 36.4 Å². The first-order valence-electron chi connectivity index (χ1n) is 7.05. The Morgan fingerprint density at radius 1 is 1.18 bits per heavy atom. The van der Waals surface area contributed by atoms with Crippen molar-refractivity contribution in [2.75, 3.05) is 0 Å². The molecule has 2 N–H and O–H groups in total. The van der Waals surface area contributed by atoms with E-state index in [1.807, 2.05) is 30.3 Å². The molecule has 0 saturated heterocycles. The van der Waals surface area contributed by atoms with Crippen LogP contribution >= 0.6 is 0 Å². The Bertz CT molecular complexity index is 629. The first-order chi connectivity index (χ1) is 10.6. The number of carboxylic acids is 1. The third-order valence-corrected chi connectivity index (χ3v) is 3.47. The summed E-state index contributed by atoms with van der Waals surface area (Å²) >= 11 is 0. The van der Waals surface area contributed by atoms with Gasteiger partial charge >= 0.3 is 5.97 Å². The van der Waals surface area contributed by atoms with Gasteiger partial charge in [-0.3, -0.25) is 9.78 Å². The van der Waals surface area contributed by atoms with Gasteiger partial charge in [-0.15, -0.1) is 0 Å². The molecule has 5 heteroatoms. The van der Waals surface area contributed by atoms with Crippen molar-refractivity contribution in [1.29, 1.82) is 0 Å². The molecule has 114 valence electrons. The van der Waals surface area contributed by atoms with Crippen molar-refractivity contribution >= 4 is 11.9 Å². The molecule has 1 heterocycles. The zero-order valence-electron chi connectivity index (χ0n) is 12.3. The molecule has 0 saturated carbocycles. The van der Waals surface area contributed by atoms with Gasteiger partial charge in [0.2, 0.25) is 5.91 Å². The molecule has 0 fully saturated rings. The Balaban J connectivity index is 2.04. The summed E-state index contributed by atoms with van der Waals surface area (Å²) in [6, 6.07) is 11.8. The van der Waals surface area contributed by atoms with Crippen LogP contribution in [-0.4, -0.2) is 28.0 Å². The summed E-state index contributed by atoms with van der Waals surface area (Å²) in [5, 5.41) is 11.9. The molecule has 2 atom stereocenters. The normalized spacial score (nSPS) is 13.1. The van der Waals surface area contributed by atoms with Gasteiger partial charge in [-0.25, -0.2) is 4.79 Å². The lowest BCUT2D eigenvalue weighted by atomic mass is 10.0. The molecule has 1 amide bonds. The number of amides is 1. The van der Waals surface area contributed by atoms with Crippen LogP contribution in [0.5, 0.6) is 0 Å². The number of nitrogens with one attached hydrogen (secondary N) is 1. The van der Waals surface area contributed by atoms with Crippen molar-refractivity contribution in [3.8, 4) is 0 Å². The maximum atomic E-state index is 12.2. The molecule has 0 bridgehead atoms. The highest BCUT2D eigenvalue weighted by atomic mass is 16.4. The van der Waals surface area contributed by atoms with Crippen molar-refractivity contribution in [1.82, 2.24) is 10.3 Å². The molecule has 0 aliphatic carbocycles. The van der Waals surface area contributed by atoms with E-state index in [1.54, 1.807) is 31.5 Å². The van der Waals surface area contributed by atoms with Crippen LogP contribution < -0.4 is 5.32 Å². The summed E-state index contributed by atoms with van der Waals surface area (Å²) in [5.41, 5.74) is 1.62. The van der Waals surface area contributed by atoms with E-state index in [0.29, 0.717) is 0 Å². The average molecular weight is 298 g/mol. The quantitative estimate of drug-likeness (QED) is 0.855. The number of carbonyl (C=O) groups excluding carboxylic acids is 1. The molecule has 0 radical (unpaired) electrons. The summed E-state index contributed by atoms with van der Waals surface area (Å²) in [4.78, 5) is 27.6. The summed E-state index contributed by atoms with van der Waals surface area (Å²) in [5.74, 6) is -1.82. The topological polar surface area (TPSA) is 79.3 Å². The molecule has 0 spiro atoms. The van der Waals surface area contributed by atoms with Gasteiger partial charge in [-0.05, 0) is 24.1 Å². The Morgan fingerprint density at radius 2 is 1.91 bits per heavy atom. The number of nitrogens with zero attached hydrogens (tertiary/aromatic N) is 1. The first-order valence-corrected chi connectivity index (χ1v) is 7.05. The van der Waals surface area contributed by atoms with E-state index in [1.165, 1.54) is 0 Å². The number of carboxylic acid groups (broad SMARTS) is 1. The number of hydrogen-bond acceptors (Lipinski definition) is 3. The number of aliphatic carboxylic acids is 1. The summed E-state index contributed by atoms with van der Waals surface area (Å²) in [6.07, 6.45) is 3.49. The molecular weight excluding hydrogens is 280 g/mol. The summed E-state index contributed by atoms with van der Waals surface area (Å²) in [6.45, 7) is 1.73. The van der Waals surface area contributed by atoms with Gasteiger partial charge in [0.1, 0.15) is 6.04 Å². The monoisotopic (exact) mass is 298 g/mol. The molecule has 1 aromatic heterocycles. The van der Waals surface area contributed by atoms with Crippen LogP contribution in [0.3, 0.4) is 0 Å². The van der Waals surface area contributed by atoms with Gasteiger partial charge in [0.15, 0.2) is 0 Å². The first kappa shape index (κ1) is 15.7. The molecule has 0 aliphatic heterocycles. The minimum atomic E-state index is -1.05. The van der Waals surface area contributed by atoms with E-state index in [4.69, 9.17) is 0 Å². The van der Waals surface area contributed by atoms with Crippen LogP contribution in [0, 0.1) is 0 Å². The fourth-order valence-corrected chi connectivity index (χ4v) is 2.13. The Labute approximate surface area is 129 Å². The smallest absolute Gasteiger partial charge is 0.326 e. The average Bonchev–Trinajstić information content (AvgIpc) is 2.55. The van der Waals surface area contributed by atoms with Crippen molar-refractivity contribution in [3.63, 3.8) is 0 Å². The molecular formula is C17H18N2O3. The van der Waals surface area contributed by atoms with Crippen molar-refractivity contribution in [2.45, 2.75) is 25.3 Å². The Morgan fingerprint density at radius 3 is 2.50 bits per heavy atom. The lowest BCUT2D eigenvalue weighted by molar-refractivity contribution is -0.141. The predicted octanol–water partition coefficient (Wildman–Crippen LogP) is 2.00. The van der Waals surface area contributed by atoms with Crippen LogP contribution in [0.15, 0.2) is 54.9 Å². The minimum Gasteiger partial charge on any atom is -0.480 e.